The fourth-order valence-electron chi connectivity index (χ4n) is 3.30. The van der Waals surface area contributed by atoms with Crippen LogP contribution >= 0.6 is 0 Å². The highest BCUT2D eigenvalue weighted by Crippen LogP contribution is 2.34. The Morgan fingerprint density at radius 1 is 1.27 bits per heavy atom. The Labute approximate surface area is 132 Å². The maximum absolute atomic E-state index is 9.00. The molecule has 0 bridgehead atoms. The molecule has 1 heterocycles. The van der Waals surface area contributed by atoms with Crippen molar-refractivity contribution in [3.05, 3.63) is 47.3 Å². The number of aromatic nitrogens is 2. The molecule has 3 heteroatoms. The second kappa shape index (κ2) is 5.61. The fourth-order valence-corrected chi connectivity index (χ4v) is 3.30. The number of fused-ring (bicyclic) bond motifs is 1. The van der Waals surface area contributed by atoms with Crippen LogP contribution in [0.25, 0.3) is 5.69 Å². The van der Waals surface area contributed by atoms with E-state index in [1.165, 1.54) is 16.8 Å². The molecule has 0 saturated carbocycles. The standard InChI is InChI=1S/C19H23N3/c1-19(2,3)15-7-9-16(10-8-15)22-18-6-4-5-14(11-12-20)17(18)13-21-22/h7-10,13-14H,4-6,11H2,1-3H3. The van der Waals surface area contributed by atoms with E-state index in [9.17, 15) is 0 Å². The fraction of sp³-hybridized carbons (Fsp3) is 0.474. The summed E-state index contributed by atoms with van der Waals surface area (Å²) in [5, 5.41) is 13.6. The molecular weight excluding hydrogens is 270 g/mol. The normalized spacial score (nSPS) is 17.8. The number of hydrogen-bond donors (Lipinski definition) is 0. The van der Waals surface area contributed by atoms with E-state index in [1.807, 2.05) is 6.20 Å². The molecular formula is C19H23N3. The molecule has 0 saturated heterocycles. The molecule has 0 spiro atoms. The minimum Gasteiger partial charge on any atom is -0.238 e. The Hall–Kier alpha value is -2.08. The topological polar surface area (TPSA) is 41.6 Å². The Kier molecular flexibility index (Phi) is 3.78. The molecule has 1 aromatic heterocycles. The summed E-state index contributed by atoms with van der Waals surface area (Å²) in [4.78, 5) is 0. The van der Waals surface area contributed by atoms with E-state index in [0.717, 1.165) is 24.9 Å². The summed E-state index contributed by atoms with van der Waals surface area (Å²) in [6.45, 7) is 6.68. The molecule has 0 radical (unpaired) electrons. The van der Waals surface area contributed by atoms with Gasteiger partial charge in [-0.3, -0.25) is 0 Å². The Bertz CT molecular complexity index is 696. The predicted octanol–water partition coefficient (Wildman–Crippen LogP) is 4.50. The zero-order valence-electron chi connectivity index (χ0n) is 13.6. The van der Waals surface area contributed by atoms with E-state index >= 15 is 0 Å². The molecule has 1 aliphatic carbocycles. The lowest BCUT2D eigenvalue weighted by Crippen LogP contribution is -2.13. The summed E-state index contributed by atoms with van der Waals surface area (Å²) >= 11 is 0. The van der Waals surface area contributed by atoms with Crippen molar-refractivity contribution in [3.8, 4) is 11.8 Å². The Morgan fingerprint density at radius 2 is 2.00 bits per heavy atom. The third-order valence-electron chi connectivity index (χ3n) is 4.62. The second-order valence-corrected chi connectivity index (χ2v) is 7.21. The van der Waals surface area contributed by atoms with Crippen LogP contribution in [-0.4, -0.2) is 9.78 Å². The average molecular weight is 293 g/mol. The van der Waals surface area contributed by atoms with Crippen LogP contribution in [0.3, 0.4) is 0 Å². The largest absolute Gasteiger partial charge is 0.238 e. The number of nitrogens with zero attached hydrogens (tertiary/aromatic N) is 3. The van der Waals surface area contributed by atoms with Gasteiger partial charge in [-0.1, -0.05) is 32.9 Å². The van der Waals surface area contributed by atoms with E-state index in [1.54, 1.807) is 0 Å². The smallest absolute Gasteiger partial charge is 0.0649 e. The number of benzene rings is 1. The first-order chi connectivity index (χ1) is 10.5. The Morgan fingerprint density at radius 3 is 2.64 bits per heavy atom. The zero-order chi connectivity index (χ0) is 15.7. The van der Waals surface area contributed by atoms with Gasteiger partial charge in [0.25, 0.3) is 0 Å². The summed E-state index contributed by atoms with van der Waals surface area (Å²) in [5.41, 5.74) is 5.18. The molecule has 0 aliphatic heterocycles. The van der Waals surface area contributed by atoms with Crippen molar-refractivity contribution in [1.82, 2.24) is 9.78 Å². The first-order valence-corrected chi connectivity index (χ1v) is 8.05. The van der Waals surface area contributed by atoms with Gasteiger partial charge < -0.3 is 0 Å². The number of hydrogen-bond acceptors (Lipinski definition) is 2. The third kappa shape index (κ3) is 2.66. The van der Waals surface area contributed by atoms with Gasteiger partial charge in [-0.15, -0.1) is 0 Å². The molecule has 0 amide bonds. The van der Waals surface area contributed by atoms with Gasteiger partial charge in [0.05, 0.1) is 18.0 Å². The van der Waals surface area contributed by atoms with Gasteiger partial charge in [0.15, 0.2) is 0 Å². The molecule has 22 heavy (non-hydrogen) atoms. The highest BCUT2D eigenvalue weighted by molar-refractivity contribution is 5.40. The summed E-state index contributed by atoms with van der Waals surface area (Å²) in [6.07, 6.45) is 5.87. The molecule has 3 nitrogen and oxygen atoms in total. The third-order valence-corrected chi connectivity index (χ3v) is 4.62. The van der Waals surface area contributed by atoms with Crippen molar-refractivity contribution >= 4 is 0 Å². The second-order valence-electron chi connectivity index (χ2n) is 7.21. The van der Waals surface area contributed by atoms with Gasteiger partial charge in [0, 0.05) is 18.0 Å². The van der Waals surface area contributed by atoms with Crippen molar-refractivity contribution in [2.45, 2.75) is 57.8 Å². The van der Waals surface area contributed by atoms with Crippen LogP contribution in [0.1, 0.15) is 62.8 Å². The van der Waals surface area contributed by atoms with Gasteiger partial charge in [0.1, 0.15) is 0 Å². The SMILES string of the molecule is CC(C)(C)c1ccc(-n2ncc3c2CCCC3CC#N)cc1. The maximum atomic E-state index is 9.00. The summed E-state index contributed by atoms with van der Waals surface area (Å²) in [6, 6.07) is 11.0. The van der Waals surface area contributed by atoms with E-state index in [-0.39, 0.29) is 5.41 Å². The summed E-state index contributed by atoms with van der Waals surface area (Å²) in [7, 11) is 0. The van der Waals surface area contributed by atoms with Gasteiger partial charge in [-0.05, 0) is 47.9 Å². The number of rotatable bonds is 2. The van der Waals surface area contributed by atoms with Crippen LogP contribution in [0.2, 0.25) is 0 Å². The minimum absolute atomic E-state index is 0.167. The van der Waals surface area contributed by atoms with Crippen LogP contribution in [0.4, 0.5) is 0 Å². The lowest BCUT2D eigenvalue weighted by Gasteiger charge is -2.22. The van der Waals surface area contributed by atoms with Gasteiger partial charge in [-0.2, -0.15) is 10.4 Å². The zero-order valence-corrected chi connectivity index (χ0v) is 13.6. The predicted molar refractivity (Wildman–Crippen MR) is 88.2 cm³/mol. The van der Waals surface area contributed by atoms with Crippen molar-refractivity contribution in [3.63, 3.8) is 0 Å². The van der Waals surface area contributed by atoms with Crippen LogP contribution in [0.5, 0.6) is 0 Å². The summed E-state index contributed by atoms with van der Waals surface area (Å²) in [5.74, 6) is 0.358. The van der Waals surface area contributed by atoms with E-state index in [0.29, 0.717) is 12.3 Å². The van der Waals surface area contributed by atoms with Crippen molar-refractivity contribution in [1.29, 1.82) is 5.26 Å². The van der Waals surface area contributed by atoms with Gasteiger partial charge >= 0.3 is 0 Å². The maximum Gasteiger partial charge on any atom is 0.0649 e. The van der Waals surface area contributed by atoms with Gasteiger partial charge in [0.2, 0.25) is 0 Å². The van der Waals surface area contributed by atoms with Crippen LogP contribution in [0, 0.1) is 11.3 Å². The minimum atomic E-state index is 0.167. The van der Waals surface area contributed by atoms with Gasteiger partial charge in [-0.25, -0.2) is 4.68 Å². The number of nitriles is 1. The molecule has 0 N–H and O–H groups in total. The first kappa shape index (κ1) is 14.8. The molecule has 1 aromatic carbocycles. The molecule has 1 aliphatic rings. The molecule has 3 rings (SSSR count). The Balaban J connectivity index is 1.95. The van der Waals surface area contributed by atoms with E-state index in [4.69, 9.17) is 5.26 Å². The van der Waals surface area contributed by atoms with Crippen molar-refractivity contribution < 1.29 is 0 Å². The van der Waals surface area contributed by atoms with Crippen LogP contribution in [-0.2, 0) is 11.8 Å². The average Bonchev–Trinajstić information content (AvgIpc) is 2.92. The summed E-state index contributed by atoms with van der Waals surface area (Å²) < 4.78 is 2.06. The van der Waals surface area contributed by atoms with E-state index in [2.05, 4.69) is 60.9 Å². The lowest BCUT2D eigenvalue weighted by molar-refractivity contribution is 0.550. The quantitative estimate of drug-likeness (QED) is 0.818. The molecule has 0 fully saturated rings. The van der Waals surface area contributed by atoms with Crippen LogP contribution in [0.15, 0.2) is 30.5 Å². The highest BCUT2D eigenvalue weighted by Gasteiger charge is 2.24. The van der Waals surface area contributed by atoms with E-state index < -0.39 is 0 Å². The molecule has 1 atom stereocenters. The molecule has 2 aromatic rings. The molecule has 114 valence electrons. The first-order valence-electron chi connectivity index (χ1n) is 8.05. The van der Waals surface area contributed by atoms with Crippen molar-refractivity contribution in [2.24, 2.45) is 0 Å². The monoisotopic (exact) mass is 293 g/mol. The van der Waals surface area contributed by atoms with Crippen LogP contribution < -0.4 is 0 Å². The van der Waals surface area contributed by atoms with Crippen molar-refractivity contribution in [2.75, 3.05) is 0 Å². The highest BCUT2D eigenvalue weighted by atomic mass is 15.3. The lowest BCUT2D eigenvalue weighted by atomic mass is 9.85. The molecule has 1 unspecified atom stereocenters.